The van der Waals surface area contributed by atoms with E-state index in [-0.39, 0.29) is 0 Å². The summed E-state index contributed by atoms with van der Waals surface area (Å²) in [5.74, 6) is 0. The standard InChI is InChI=1S/C14H23NS/c1-4-12-6-7-13(16-12)11(3)15-10-14(5-2)8-9-14/h6-7,11,15H,4-5,8-10H2,1-3H3. The Hall–Kier alpha value is -0.340. The molecule has 1 saturated carbocycles. The highest BCUT2D eigenvalue weighted by Crippen LogP contribution is 2.48. The van der Waals surface area contributed by atoms with Crippen LogP contribution in [0, 0.1) is 5.41 Å². The smallest absolute Gasteiger partial charge is 0.0386 e. The van der Waals surface area contributed by atoms with Gasteiger partial charge in [-0.1, -0.05) is 13.8 Å². The van der Waals surface area contributed by atoms with Gasteiger partial charge in [-0.15, -0.1) is 11.3 Å². The number of aryl methyl sites for hydroxylation is 1. The Morgan fingerprint density at radius 3 is 2.62 bits per heavy atom. The van der Waals surface area contributed by atoms with Crippen molar-refractivity contribution in [2.75, 3.05) is 6.54 Å². The van der Waals surface area contributed by atoms with Crippen molar-refractivity contribution in [1.82, 2.24) is 5.32 Å². The highest BCUT2D eigenvalue weighted by atomic mass is 32.1. The van der Waals surface area contributed by atoms with Crippen molar-refractivity contribution in [3.8, 4) is 0 Å². The average molecular weight is 237 g/mol. The molecule has 1 aliphatic rings. The molecule has 1 heterocycles. The summed E-state index contributed by atoms with van der Waals surface area (Å²) in [5.41, 5.74) is 0.652. The molecule has 0 radical (unpaired) electrons. The highest BCUT2D eigenvalue weighted by Gasteiger charge is 2.40. The lowest BCUT2D eigenvalue weighted by Crippen LogP contribution is -2.25. The molecule has 1 nitrogen and oxygen atoms in total. The second-order valence-corrected chi connectivity index (χ2v) is 6.31. The lowest BCUT2D eigenvalue weighted by molar-refractivity contribution is 0.417. The lowest BCUT2D eigenvalue weighted by Gasteiger charge is -2.17. The molecule has 0 spiro atoms. The van der Waals surface area contributed by atoms with E-state index >= 15 is 0 Å². The highest BCUT2D eigenvalue weighted by molar-refractivity contribution is 7.12. The SMILES string of the molecule is CCc1ccc(C(C)NCC2(CC)CC2)s1. The van der Waals surface area contributed by atoms with Crippen molar-refractivity contribution < 1.29 is 0 Å². The van der Waals surface area contributed by atoms with Gasteiger partial charge in [0, 0.05) is 22.3 Å². The first-order chi connectivity index (χ1) is 7.69. The summed E-state index contributed by atoms with van der Waals surface area (Å²) in [7, 11) is 0. The van der Waals surface area contributed by atoms with Gasteiger partial charge < -0.3 is 5.32 Å². The van der Waals surface area contributed by atoms with Crippen molar-refractivity contribution in [3.63, 3.8) is 0 Å². The second-order valence-electron chi connectivity index (χ2n) is 5.11. The quantitative estimate of drug-likeness (QED) is 0.783. The fourth-order valence-electron chi connectivity index (χ4n) is 2.12. The molecule has 1 aromatic heterocycles. The average Bonchev–Trinajstić information content (AvgIpc) is 2.94. The van der Waals surface area contributed by atoms with Gasteiger partial charge in [-0.25, -0.2) is 0 Å². The van der Waals surface area contributed by atoms with Gasteiger partial charge in [0.25, 0.3) is 0 Å². The Balaban J connectivity index is 1.85. The van der Waals surface area contributed by atoms with Crippen LogP contribution in [0.4, 0.5) is 0 Å². The van der Waals surface area contributed by atoms with Crippen LogP contribution in [0.1, 0.15) is 55.8 Å². The third-order valence-corrected chi connectivity index (χ3v) is 5.36. The molecule has 90 valence electrons. The van der Waals surface area contributed by atoms with Gasteiger partial charge >= 0.3 is 0 Å². The zero-order valence-electron chi connectivity index (χ0n) is 10.7. The van der Waals surface area contributed by atoms with Gasteiger partial charge in [0.05, 0.1) is 0 Å². The van der Waals surface area contributed by atoms with Gasteiger partial charge in [0.1, 0.15) is 0 Å². The molecule has 0 aliphatic heterocycles. The molecular formula is C14H23NS. The van der Waals surface area contributed by atoms with Crippen molar-refractivity contribution in [2.45, 2.75) is 52.5 Å². The third kappa shape index (κ3) is 2.67. The van der Waals surface area contributed by atoms with Crippen LogP contribution < -0.4 is 5.32 Å². The van der Waals surface area contributed by atoms with E-state index in [2.05, 4.69) is 38.2 Å². The van der Waals surface area contributed by atoms with Crippen LogP contribution in [-0.2, 0) is 6.42 Å². The van der Waals surface area contributed by atoms with Gasteiger partial charge in [-0.2, -0.15) is 0 Å². The van der Waals surface area contributed by atoms with Crippen LogP contribution in [0.2, 0.25) is 0 Å². The maximum Gasteiger partial charge on any atom is 0.0386 e. The summed E-state index contributed by atoms with van der Waals surface area (Å²) in [5, 5.41) is 3.70. The zero-order valence-corrected chi connectivity index (χ0v) is 11.5. The van der Waals surface area contributed by atoms with Crippen molar-refractivity contribution >= 4 is 11.3 Å². The van der Waals surface area contributed by atoms with E-state index < -0.39 is 0 Å². The molecule has 0 bridgehead atoms. The van der Waals surface area contributed by atoms with Crippen LogP contribution in [-0.4, -0.2) is 6.54 Å². The van der Waals surface area contributed by atoms with Crippen LogP contribution in [0.3, 0.4) is 0 Å². The number of rotatable bonds is 6. The first kappa shape index (κ1) is 12.1. The molecular weight excluding hydrogens is 214 g/mol. The van der Waals surface area contributed by atoms with Gasteiger partial charge in [0.2, 0.25) is 0 Å². The molecule has 1 aliphatic carbocycles. The maximum atomic E-state index is 3.70. The predicted molar refractivity (Wildman–Crippen MR) is 72.1 cm³/mol. The molecule has 0 aromatic carbocycles. The van der Waals surface area contributed by atoms with Crippen molar-refractivity contribution in [2.24, 2.45) is 5.41 Å². The summed E-state index contributed by atoms with van der Waals surface area (Å²) in [4.78, 5) is 2.99. The van der Waals surface area contributed by atoms with E-state index in [0.717, 1.165) is 6.42 Å². The molecule has 1 unspecified atom stereocenters. The summed E-state index contributed by atoms with van der Waals surface area (Å²) in [6.45, 7) is 8.03. The normalized spacial score (nSPS) is 19.7. The lowest BCUT2D eigenvalue weighted by atomic mass is 10.0. The van der Waals surface area contributed by atoms with E-state index in [4.69, 9.17) is 0 Å². The molecule has 0 amide bonds. The second kappa shape index (κ2) is 4.89. The number of hydrogen-bond acceptors (Lipinski definition) is 2. The van der Waals surface area contributed by atoms with E-state index in [1.165, 1.54) is 35.6 Å². The summed E-state index contributed by atoms with van der Waals surface area (Å²) >= 11 is 1.96. The summed E-state index contributed by atoms with van der Waals surface area (Å²) < 4.78 is 0. The van der Waals surface area contributed by atoms with Crippen LogP contribution in [0.15, 0.2) is 12.1 Å². The minimum absolute atomic E-state index is 0.523. The predicted octanol–water partition coefficient (Wildman–Crippen LogP) is 4.15. The van der Waals surface area contributed by atoms with E-state index in [1.54, 1.807) is 0 Å². The van der Waals surface area contributed by atoms with Gasteiger partial charge in [0.15, 0.2) is 0 Å². The van der Waals surface area contributed by atoms with E-state index in [9.17, 15) is 0 Å². The minimum atomic E-state index is 0.523. The van der Waals surface area contributed by atoms with E-state index in [0.29, 0.717) is 11.5 Å². The van der Waals surface area contributed by atoms with Crippen LogP contribution in [0.25, 0.3) is 0 Å². The third-order valence-electron chi connectivity index (χ3n) is 3.95. The molecule has 0 saturated heterocycles. The van der Waals surface area contributed by atoms with Crippen molar-refractivity contribution in [1.29, 1.82) is 0 Å². The molecule has 1 atom stereocenters. The first-order valence-corrected chi connectivity index (χ1v) is 7.33. The van der Waals surface area contributed by atoms with Gasteiger partial charge in [-0.3, -0.25) is 0 Å². The Kier molecular flexibility index (Phi) is 3.70. The summed E-state index contributed by atoms with van der Waals surface area (Å²) in [6.07, 6.45) is 5.34. The Morgan fingerprint density at radius 1 is 1.38 bits per heavy atom. The maximum absolute atomic E-state index is 3.70. The Labute approximate surface area is 103 Å². The molecule has 2 rings (SSSR count). The van der Waals surface area contributed by atoms with Crippen molar-refractivity contribution in [3.05, 3.63) is 21.9 Å². The molecule has 16 heavy (non-hydrogen) atoms. The number of thiophene rings is 1. The van der Waals surface area contributed by atoms with Crippen LogP contribution in [0.5, 0.6) is 0 Å². The van der Waals surface area contributed by atoms with Gasteiger partial charge in [-0.05, 0) is 50.2 Å². The first-order valence-electron chi connectivity index (χ1n) is 6.51. The molecule has 1 N–H and O–H groups in total. The topological polar surface area (TPSA) is 12.0 Å². The largest absolute Gasteiger partial charge is 0.309 e. The zero-order chi connectivity index (χ0) is 11.6. The molecule has 2 heteroatoms. The fourth-order valence-corrected chi connectivity index (χ4v) is 3.10. The Bertz CT molecular complexity index is 338. The van der Waals surface area contributed by atoms with Crippen LogP contribution >= 0.6 is 11.3 Å². The fraction of sp³-hybridized carbons (Fsp3) is 0.714. The minimum Gasteiger partial charge on any atom is -0.309 e. The number of nitrogens with one attached hydrogen (secondary N) is 1. The molecule has 1 fully saturated rings. The van der Waals surface area contributed by atoms with E-state index in [1.807, 2.05) is 11.3 Å². The number of hydrogen-bond donors (Lipinski definition) is 1. The summed E-state index contributed by atoms with van der Waals surface area (Å²) in [6, 6.07) is 5.08. The Morgan fingerprint density at radius 2 is 2.12 bits per heavy atom. The monoisotopic (exact) mass is 237 g/mol. The molecule has 1 aromatic rings.